The van der Waals surface area contributed by atoms with Gasteiger partial charge in [0.2, 0.25) is 5.89 Å². The second-order valence-corrected chi connectivity index (χ2v) is 4.74. The van der Waals surface area contributed by atoms with Crippen LogP contribution in [-0.4, -0.2) is 15.1 Å². The van der Waals surface area contributed by atoms with Crippen molar-refractivity contribution in [3.05, 3.63) is 41.3 Å². The zero-order valence-electron chi connectivity index (χ0n) is 10.6. The molecule has 0 aliphatic carbocycles. The fourth-order valence-electron chi connectivity index (χ4n) is 1.41. The van der Waals surface area contributed by atoms with Gasteiger partial charge < -0.3 is 4.52 Å². The Hall–Kier alpha value is -2.22. The molecule has 5 nitrogen and oxygen atoms in total. The summed E-state index contributed by atoms with van der Waals surface area (Å²) in [7, 11) is 0. The molecule has 0 saturated heterocycles. The highest BCUT2D eigenvalue weighted by Gasteiger charge is 2.27. The number of hydrogen-bond acceptors (Lipinski definition) is 5. The minimum atomic E-state index is -0.753. The first-order chi connectivity index (χ1) is 8.51. The van der Waals surface area contributed by atoms with Crippen LogP contribution in [0.25, 0.3) is 0 Å². The van der Waals surface area contributed by atoms with Crippen molar-refractivity contribution in [3.8, 4) is 6.07 Å². The highest BCUT2D eigenvalue weighted by atomic mass is 16.5. The molecule has 0 amide bonds. The summed E-state index contributed by atoms with van der Waals surface area (Å²) in [5.41, 5.74) is 1.23. The SMILES string of the molecule is Cc1ccc(Cc2noc(C(C)(C)C#N)n2)cn1. The van der Waals surface area contributed by atoms with Crippen molar-refractivity contribution in [2.24, 2.45) is 0 Å². The van der Waals surface area contributed by atoms with E-state index in [0.717, 1.165) is 11.3 Å². The molecule has 2 rings (SSSR count). The predicted octanol–water partition coefficient (Wildman–Crippen LogP) is 2.17. The van der Waals surface area contributed by atoms with Crippen molar-refractivity contribution in [2.45, 2.75) is 32.6 Å². The van der Waals surface area contributed by atoms with Crippen LogP contribution in [0, 0.1) is 18.3 Å². The molecule has 0 unspecified atom stereocenters. The van der Waals surface area contributed by atoms with E-state index in [0.29, 0.717) is 18.1 Å². The Labute approximate surface area is 105 Å². The van der Waals surface area contributed by atoms with Gasteiger partial charge in [-0.15, -0.1) is 0 Å². The molecular formula is C13H14N4O. The normalized spacial score (nSPS) is 11.2. The second-order valence-electron chi connectivity index (χ2n) is 4.74. The van der Waals surface area contributed by atoms with E-state index in [1.54, 1.807) is 20.0 Å². The van der Waals surface area contributed by atoms with Crippen LogP contribution < -0.4 is 0 Å². The standard InChI is InChI=1S/C13H14N4O/c1-9-4-5-10(7-15-9)6-11-16-12(18-17-11)13(2,3)8-14/h4-5,7H,6H2,1-3H3. The first-order valence-corrected chi connectivity index (χ1v) is 5.67. The van der Waals surface area contributed by atoms with Crippen LogP contribution in [0.3, 0.4) is 0 Å². The lowest BCUT2D eigenvalue weighted by molar-refractivity contribution is 0.337. The van der Waals surface area contributed by atoms with E-state index < -0.39 is 5.41 Å². The molecule has 0 spiro atoms. The van der Waals surface area contributed by atoms with Crippen LogP contribution in [0.2, 0.25) is 0 Å². The van der Waals surface area contributed by atoms with E-state index in [1.807, 2.05) is 19.1 Å². The molecule has 18 heavy (non-hydrogen) atoms. The zero-order valence-corrected chi connectivity index (χ0v) is 10.6. The van der Waals surface area contributed by atoms with Crippen molar-refractivity contribution in [2.75, 3.05) is 0 Å². The number of aromatic nitrogens is 3. The summed E-state index contributed by atoms with van der Waals surface area (Å²) >= 11 is 0. The summed E-state index contributed by atoms with van der Waals surface area (Å²) in [4.78, 5) is 8.45. The van der Waals surface area contributed by atoms with Crippen LogP contribution in [-0.2, 0) is 11.8 Å². The second kappa shape index (κ2) is 4.57. The molecule has 92 valence electrons. The van der Waals surface area contributed by atoms with Crippen LogP contribution in [0.5, 0.6) is 0 Å². The Morgan fingerprint density at radius 3 is 2.78 bits per heavy atom. The quantitative estimate of drug-likeness (QED) is 0.824. The maximum absolute atomic E-state index is 8.99. The molecule has 2 heterocycles. The van der Waals surface area contributed by atoms with E-state index in [-0.39, 0.29) is 0 Å². The number of aryl methyl sites for hydroxylation is 1. The van der Waals surface area contributed by atoms with Crippen LogP contribution in [0.15, 0.2) is 22.9 Å². The van der Waals surface area contributed by atoms with Gasteiger partial charge in [-0.05, 0) is 32.4 Å². The molecule has 0 fully saturated rings. The van der Waals surface area contributed by atoms with Crippen molar-refractivity contribution < 1.29 is 4.52 Å². The molecule has 2 aromatic rings. The maximum Gasteiger partial charge on any atom is 0.246 e. The minimum Gasteiger partial charge on any atom is -0.338 e. The number of nitriles is 1. The van der Waals surface area contributed by atoms with Gasteiger partial charge in [0.25, 0.3) is 0 Å². The third-order valence-corrected chi connectivity index (χ3v) is 2.62. The molecule has 0 aromatic carbocycles. The van der Waals surface area contributed by atoms with Gasteiger partial charge in [-0.3, -0.25) is 4.98 Å². The number of nitrogens with zero attached hydrogens (tertiary/aromatic N) is 4. The summed E-state index contributed by atoms with van der Waals surface area (Å²) < 4.78 is 5.11. The number of hydrogen-bond donors (Lipinski definition) is 0. The minimum absolute atomic E-state index is 0.347. The first kappa shape index (κ1) is 12.2. The largest absolute Gasteiger partial charge is 0.338 e. The average Bonchev–Trinajstić information content (AvgIpc) is 2.81. The van der Waals surface area contributed by atoms with Crippen molar-refractivity contribution in [1.82, 2.24) is 15.1 Å². The molecular weight excluding hydrogens is 228 g/mol. The summed E-state index contributed by atoms with van der Waals surface area (Å²) in [6.45, 7) is 5.43. The van der Waals surface area contributed by atoms with E-state index in [9.17, 15) is 0 Å². The van der Waals surface area contributed by atoms with Gasteiger partial charge in [-0.1, -0.05) is 11.2 Å². The third kappa shape index (κ3) is 2.54. The molecule has 0 atom stereocenters. The highest BCUT2D eigenvalue weighted by Crippen LogP contribution is 2.20. The molecule has 2 aromatic heterocycles. The van der Waals surface area contributed by atoms with Crippen molar-refractivity contribution in [1.29, 1.82) is 5.26 Å². The van der Waals surface area contributed by atoms with Gasteiger partial charge >= 0.3 is 0 Å². The van der Waals surface area contributed by atoms with Gasteiger partial charge in [-0.2, -0.15) is 10.2 Å². The van der Waals surface area contributed by atoms with Crippen molar-refractivity contribution >= 4 is 0 Å². The number of rotatable bonds is 3. The Morgan fingerprint density at radius 2 is 2.17 bits per heavy atom. The van der Waals surface area contributed by atoms with Crippen LogP contribution >= 0.6 is 0 Å². The van der Waals surface area contributed by atoms with E-state index in [2.05, 4.69) is 21.2 Å². The summed E-state index contributed by atoms with van der Waals surface area (Å²) in [5, 5.41) is 12.9. The maximum atomic E-state index is 8.99. The summed E-state index contributed by atoms with van der Waals surface area (Å²) in [6, 6.07) is 6.05. The van der Waals surface area contributed by atoms with Gasteiger partial charge in [0.15, 0.2) is 5.82 Å². The monoisotopic (exact) mass is 242 g/mol. The van der Waals surface area contributed by atoms with Crippen molar-refractivity contribution in [3.63, 3.8) is 0 Å². The lowest BCUT2D eigenvalue weighted by atomic mass is 9.96. The summed E-state index contributed by atoms with van der Waals surface area (Å²) in [6.07, 6.45) is 2.35. The topological polar surface area (TPSA) is 75.6 Å². The van der Waals surface area contributed by atoms with E-state index in [1.165, 1.54) is 0 Å². The Bertz CT molecular complexity index is 578. The van der Waals surface area contributed by atoms with Crippen LogP contribution in [0.1, 0.15) is 36.8 Å². The zero-order chi connectivity index (χ0) is 13.2. The number of pyridine rings is 1. The van der Waals surface area contributed by atoms with E-state index >= 15 is 0 Å². The summed E-state index contributed by atoms with van der Waals surface area (Å²) in [5.74, 6) is 0.916. The fraction of sp³-hybridized carbons (Fsp3) is 0.385. The lowest BCUT2D eigenvalue weighted by Gasteiger charge is -2.06. The molecule has 0 radical (unpaired) electrons. The van der Waals surface area contributed by atoms with Gasteiger partial charge in [0.1, 0.15) is 5.41 Å². The Balaban J connectivity index is 2.17. The Kier molecular flexibility index (Phi) is 3.11. The highest BCUT2D eigenvalue weighted by molar-refractivity contribution is 5.19. The fourth-order valence-corrected chi connectivity index (χ4v) is 1.41. The van der Waals surface area contributed by atoms with Gasteiger partial charge in [0, 0.05) is 18.3 Å². The van der Waals surface area contributed by atoms with Gasteiger partial charge in [0.05, 0.1) is 6.07 Å². The van der Waals surface area contributed by atoms with Crippen LogP contribution in [0.4, 0.5) is 0 Å². The molecule has 0 aliphatic rings. The van der Waals surface area contributed by atoms with E-state index in [4.69, 9.17) is 9.78 Å². The molecule has 0 aliphatic heterocycles. The average molecular weight is 242 g/mol. The molecule has 0 N–H and O–H groups in total. The smallest absolute Gasteiger partial charge is 0.246 e. The third-order valence-electron chi connectivity index (χ3n) is 2.62. The first-order valence-electron chi connectivity index (χ1n) is 5.67. The molecule has 0 bridgehead atoms. The Morgan fingerprint density at radius 1 is 1.39 bits per heavy atom. The predicted molar refractivity (Wildman–Crippen MR) is 64.7 cm³/mol. The lowest BCUT2D eigenvalue weighted by Crippen LogP contribution is -2.14. The van der Waals surface area contributed by atoms with Gasteiger partial charge in [-0.25, -0.2) is 0 Å². The molecule has 0 saturated carbocycles. The molecule has 5 heteroatoms.